The summed E-state index contributed by atoms with van der Waals surface area (Å²) in [5.41, 5.74) is 1.62. The summed E-state index contributed by atoms with van der Waals surface area (Å²) in [6, 6.07) is 12.4. The van der Waals surface area contributed by atoms with Crippen LogP contribution in [-0.4, -0.2) is 24.0 Å². The van der Waals surface area contributed by atoms with Crippen molar-refractivity contribution in [2.24, 2.45) is 10.1 Å². The molecule has 0 radical (unpaired) electrons. The number of aromatic nitrogens is 1. The predicted octanol–water partition coefficient (Wildman–Crippen LogP) is 4.93. The zero-order valence-electron chi connectivity index (χ0n) is 14.6. The lowest BCUT2D eigenvalue weighted by Crippen LogP contribution is -2.12. The smallest absolute Gasteiger partial charge is 0.387 e. The van der Waals surface area contributed by atoms with Crippen LogP contribution in [0.4, 0.5) is 13.2 Å². The third kappa shape index (κ3) is 4.77. The molecule has 0 amide bonds. The highest BCUT2D eigenvalue weighted by Crippen LogP contribution is 2.23. The van der Waals surface area contributed by atoms with Crippen LogP contribution in [0.15, 0.2) is 76.7 Å². The molecule has 2 aromatic carbocycles. The SMILES string of the molecule is C=CCN=c1scc(-c2ccccc2F)n1/N=C\c1ccc(OC(F)F)cc1. The quantitative estimate of drug-likeness (QED) is 0.407. The molecule has 144 valence electrons. The predicted molar refractivity (Wildman–Crippen MR) is 104 cm³/mol. The van der Waals surface area contributed by atoms with Gasteiger partial charge in [-0.1, -0.05) is 18.2 Å². The summed E-state index contributed by atoms with van der Waals surface area (Å²) in [5.74, 6) is -0.308. The number of alkyl halides is 2. The Hall–Kier alpha value is -3.13. The molecule has 0 spiro atoms. The first-order valence-electron chi connectivity index (χ1n) is 8.24. The van der Waals surface area contributed by atoms with Gasteiger partial charge in [0.1, 0.15) is 11.6 Å². The van der Waals surface area contributed by atoms with Gasteiger partial charge in [-0.2, -0.15) is 13.9 Å². The van der Waals surface area contributed by atoms with Crippen molar-refractivity contribution in [1.29, 1.82) is 0 Å². The maximum absolute atomic E-state index is 14.2. The Morgan fingerprint density at radius 2 is 1.89 bits per heavy atom. The number of nitrogens with zero attached hydrogens (tertiary/aromatic N) is 3. The summed E-state index contributed by atoms with van der Waals surface area (Å²) in [4.78, 5) is 4.96. The van der Waals surface area contributed by atoms with Crippen molar-refractivity contribution >= 4 is 17.6 Å². The Morgan fingerprint density at radius 1 is 1.14 bits per heavy atom. The molecule has 28 heavy (non-hydrogen) atoms. The molecule has 0 atom stereocenters. The molecule has 0 saturated heterocycles. The van der Waals surface area contributed by atoms with Gasteiger partial charge in [0, 0.05) is 10.9 Å². The number of hydrogen-bond donors (Lipinski definition) is 0. The molecule has 3 rings (SSSR count). The molecule has 1 heterocycles. The lowest BCUT2D eigenvalue weighted by atomic mass is 10.1. The molecule has 0 aliphatic carbocycles. The Bertz CT molecular complexity index is 1040. The van der Waals surface area contributed by atoms with E-state index >= 15 is 0 Å². The Morgan fingerprint density at radius 3 is 2.57 bits per heavy atom. The Kier molecular flexibility index (Phi) is 6.44. The molecular formula is C20H16F3N3OS. The fourth-order valence-electron chi connectivity index (χ4n) is 2.38. The van der Waals surface area contributed by atoms with E-state index in [0.717, 1.165) is 0 Å². The highest BCUT2D eigenvalue weighted by Gasteiger charge is 2.11. The summed E-state index contributed by atoms with van der Waals surface area (Å²) in [7, 11) is 0. The average Bonchev–Trinajstić information content (AvgIpc) is 3.08. The van der Waals surface area contributed by atoms with Gasteiger partial charge in [0.2, 0.25) is 4.80 Å². The Labute approximate surface area is 163 Å². The fourth-order valence-corrected chi connectivity index (χ4v) is 3.21. The monoisotopic (exact) mass is 403 g/mol. The zero-order chi connectivity index (χ0) is 19.9. The summed E-state index contributed by atoms with van der Waals surface area (Å²) < 4.78 is 44.6. The topological polar surface area (TPSA) is 38.9 Å². The van der Waals surface area contributed by atoms with Gasteiger partial charge < -0.3 is 4.74 Å². The normalized spacial score (nSPS) is 12.1. The van der Waals surface area contributed by atoms with Crippen molar-refractivity contribution in [2.45, 2.75) is 6.61 Å². The minimum atomic E-state index is -2.88. The largest absolute Gasteiger partial charge is 0.435 e. The molecule has 0 saturated carbocycles. The van der Waals surface area contributed by atoms with Gasteiger partial charge >= 0.3 is 6.61 Å². The van der Waals surface area contributed by atoms with Crippen LogP contribution in [0.2, 0.25) is 0 Å². The number of hydrogen-bond acceptors (Lipinski definition) is 4. The van der Waals surface area contributed by atoms with E-state index in [1.165, 1.54) is 40.4 Å². The summed E-state index contributed by atoms with van der Waals surface area (Å²) >= 11 is 1.33. The molecule has 4 nitrogen and oxygen atoms in total. The molecule has 0 unspecified atom stereocenters. The van der Waals surface area contributed by atoms with E-state index in [4.69, 9.17) is 0 Å². The molecule has 0 bridgehead atoms. The number of halogens is 3. The molecule has 0 N–H and O–H groups in total. The van der Waals surface area contributed by atoms with Gasteiger partial charge in [-0.15, -0.1) is 17.9 Å². The van der Waals surface area contributed by atoms with Crippen molar-refractivity contribution in [3.05, 3.63) is 82.7 Å². The number of thiazole rings is 1. The number of ether oxygens (including phenoxy) is 1. The summed E-state index contributed by atoms with van der Waals surface area (Å²) in [6.07, 6.45) is 3.19. The minimum Gasteiger partial charge on any atom is -0.435 e. The number of benzene rings is 2. The third-order valence-corrected chi connectivity index (χ3v) is 4.47. The van der Waals surface area contributed by atoms with Crippen LogP contribution < -0.4 is 9.54 Å². The van der Waals surface area contributed by atoms with E-state index in [0.29, 0.717) is 28.2 Å². The van der Waals surface area contributed by atoms with Gasteiger partial charge in [-0.3, -0.25) is 4.99 Å². The maximum atomic E-state index is 14.2. The van der Waals surface area contributed by atoms with Gasteiger partial charge in [-0.25, -0.2) is 9.07 Å². The molecule has 8 heteroatoms. The van der Waals surface area contributed by atoms with Gasteiger partial charge in [0.25, 0.3) is 0 Å². The third-order valence-electron chi connectivity index (χ3n) is 3.62. The molecular weight excluding hydrogens is 387 g/mol. The Balaban J connectivity index is 1.97. The van der Waals surface area contributed by atoms with Crippen molar-refractivity contribution in [3.8, 4) is 17.0 Å². The van der Waals surface area contributed by atoms with Crippen molar-refractivity contribution in [1.82, 2.24) is 4.68 Å². The first-order chi connectivity index (χ1) is 13.6. The summed E-state index contributed by atoms with van der Waals surface area (Å²) in [6.45, 7) is 1.16. The lowest BCUT2D eigenvalue weighted by Gasteiger charge is -2.05. The van der Waals surface area contributed by atoms with E-state index < -0.39 is 6.61 Å². The standard InChI is InChI=1S/C20H16F3N3OS/c1-2-11-24-20-26(18(13-28-20)16-5-3-4-6-17(16)21)25-12-14-7-9-15(10-8-14)27-19(22)23/h2-10,12-13,19H,1,11H2/b24-20?,25-12-. The van der Waals surface area contributed by atoms with Crippen LogP contribution in [0, 0.1) is 5.82 Å². The van der Waals surface area contributed by atoms with Crippen molar-refractivity contribution in [3.63, 3.8) is 0 Å². The lowest BCUT2D eigenvalue weighted by molar-refractivity contribution is -0.0498. The minimum absolute atomic E-state index is 0.0593. The van der Waals surface area contributed by atoms with Crippen molar-refractivity contribution < 1.29 is 17.9 Å². The van der Waals surface area contributed by atoms with E-state index in [9.17, 15) is 13.2 Å². The van der Waals surface area contributed by atoms with Crippen LogP contribution in [0.25, 0.3) is 11.3 Å². The van der Waals surface area contributed by atoms with Crippen LogP contribution >= 0.6 is 11.3 Å². The van der Waals surface area contributed by atoms with Crippen molar-refractivity contribution in [2.75, 3.05) is 6.54 Å². The van der Waals surface area contributed by atoms with E-state index in [-0.39, 0.29) is 11.6 Å². The van der Waals surface area contributed by atoms with Crippen LogP contribution in [0.3, 0.4) is 0 Å². The first kappa shape index (κ1) is 19.6. The molecule has 0 aliphatic heterocycles. The fraction of sp³-hybridized carbons (Fsp3) is 0.100. The molecule has 1 aromatic heterocycles. The first-order valence-corrected chi connectivity index (χ1v) is 9.12. The van der Waals surface area contributed by atoms with Crippen LogP contribution in [0.1, 0.15) is 5.56 Å². The van der Waals surface area contributed by atoms with Crippen LogP contribution in [0.5, 0.6) is 5.75 Å². The molecule has 0 fully saturated rings. The number of rotatable bonds is 7. The maximum Gasteiger partial charge on any atom is 0.387 e. The van der Waals surface area contributed by atoms with Crippen LogP contribution in [-0.2, 0) is 0 Å². The summed E-state index contributed by atoms with van der Waals surface area (Å²) in [5, 5.41) is 6.19. The molecule has 0 aliphatic rings. The molecule has 3 aromatic rings. The highest BCUT2D eigenvalue weighted by molar-refractivity contribution is 7.07. The second-order valence-corrected chi connectivity index (χ2v) is 6.35. The van der Waals surface area contributed by atoms with E-state index in [1.54, 1.807) is 41.8 Å². The van der Waals surface area contributed by atoms with Gasteiger partial charge in [-0.05, 0) is 42.0 Å². The van der Waals surface area contributed by atoms with E-state index in [2.05, 4.69) is 21.4 Å². The van der Waals surface area contributed by atoms with Gasteiger partial charge in [0.15, 0.2) is 0 Å². The van der Waals surface area contributed by atoms with E-state index in [1.807, 2.05) is 0 Å². The highest BCUT2D eigenvalue weighted by atomic mass is 32.1. The second kappa shape index (κ2) is 9.18. The van der Waals surface area contributed by atoms with Gasteiger partial charge in [0.05, 0.1) is 18.5 Å². The second-order valence-electron chi connectivity index (χ2n) is 5.52. The zero-order valence-corrected chi connectivity index (χ0v) is 15.5. The average molecular weight is 403 g/mol.